The quantitative estimate of drug-likeness (QED) is 0.811. The molecule has 0 atom stereocenters. The molecule has 1 aromatic carbocycles. The number of rotatable bonds is 2. The summed E-state index contributed by atoms with van der Waals surface area (Å²) in [7, 11) is 0. The summed E-state index contributed by atoms with van der Waals surface area (Å²) >= 11 is 5.09. The highest BCUT2D eigenvalue weighted by atomic mass is 32.1. The lowest BCUT2D eigenvalue weighted by Gasteiger charge is -2.38. The Balaban J connectivity index is 2.04. The van der Waals surface area contributed by atoms with Gasteiger partial charge in [0.2, 0.25) is 0 Å². The summed E-state index contributed by atoms with van der Waals surface area (Å²) in [5.41, 5.74) is 6.21. The van der Waals surface area contributed by atoms with Gasteiger partial charge in [-0.3, -0.25) is 4.79 Å². The second-order valence-corrected chi connectivity index (χ2v) is 5.70. The van der Waals surface area contributed by atoms with Crippen LogP contribution in [0.2, 0.25) is 0 Å². The van der Waals surface area contributed by atoms with Crippen molar-refractivity contribution in [3.8, 4) is 5.75 Å². The number of carbonyl (C=O) groups is 1. The van der Waals surface area contributed by atoms with Gasteiger partial charge in [0, 0.05) is 24.1 Å². The van der Waals surface area contributed by atoms with Gasteiger partial charge in [0.05, 0.1) is 4.99 Å². The van der Waals surface area contributed by atoms with E-state index in [1.165, 1.54) is 12.1 Å². The summed E-state index contributed by atoms with van der Waals surface area (Å²) in [4.78, 5) is 14.6. The van der Waals surface area contributed by atoms with Crippen molar-refractivity contribution in [1.29, 1.82) is 0 Å². The van der Waals surface area contributed by atoms with Crippen molar-refractivity contribution in [2.24, 2.45) is 11.1 Å². The molecule has 102 valence electrons. The number of phenols is 1. The molecule has 0 saturated carbocycles. The van der Waals surface area contributed by atoms with Gasteiger partial charge in [0.1, 0.15) is 5.75 Å². The Morgan fingerprint density at radius 3 is 2.32 bits per heavy atom. The minimum atomic E-state index is -0.138. The first-order chi connectivity index (χ1) is 8.92. The second-order valence-electron chi connectivity index (χ2n) is 5.26. The molecule has 3 N–H and O–H groups in total. The van der Waals surface area contributed by atoms with Crippen LogP contribution in [0.15, 0.2) is 24.3 Å². The molecule has 4 nitrogen and oxygen atoms in total. The van der Waals surface area contributed by atoms with E-state index in [9.17, 15) is 9.90 Å². The number of hydrogen-bond acceptors (Lipinski definition) is 3. The van der Waals surface area contributed by atoms with Crippen LogP contribution >= 0.6 is 12.2 Å². The Bertz CT molecular complexity index is 491. The molecule has 0 unspecified atom stereocenters. The number of benzene rings is 1. The smallest absolute Gasteiger partial charge is 0.253 e. The molecule has 1 heterocycles. The van der Waals surface area contributed by atoms with Gasteiger partial charge in [-0.1, -0.05) is 19.1 Å². The van der Waals surface area contributed by atoms with Crippen molar-refractivity contribution in [1.82, 2.24) is 4.90 Å². The van der Waals surface area contributed by atoms with Gasteiger partial charge in [0.15, 0.2) is 0 Å². The van der Waals surface area contributed by atoms with Gasteiger partial charge in [-0.15, -0.1) is 0 Å². The largest absolute Gasteiger partial charge is 0.508 e. The maximum atomic E-state index is 12.3. The molecular weight excluding hydrogens is 260 g/mol. The number of phenolic OH excluding ortho intramolecular Hbond substituents is 1. The standard InChI is InChI=1S/C14H18N2O2S/c1-14(13(15)19)6-8-16(9-7-14)12(18)10-2-4-11(17)5-3-10/h2-5,17H,6-9H2,1H3,(H2,15,19). The molecule has 2 rings (SSSR count). The fourth-order valence-electron chi connectivity index (χ4n) is 2.24. The fraction of sp³-hybridized carbons (Fsp3) is 0.429. The summed E-state index contributed by atoms with van der Waals surface area (Å²) in [6, 6.07) is 6.32. The number of nitrogens with zero attached hydrogens (tertiary/aromatic N) is 1. The molecule has 0 bridgehead atoms. The molecule has 19 heavy (non-hydrogen) atoms. The SMILES string of the molecule is CC1(C(N)=S)CCN(C(=O)c2ccc(O)cc2)CC1. The predicted octanol–water partition coefficient (Wildman–Crippen LogP) is 1.92. The van der Waals surface area contributed by atoms with Crippen molar-refractivity contribution in [3.63, 3.8) is 0 Å². The van der Waals surface area contributed by atoms with E-state index in [1.807, 2.05) is 4.90 Å². The summed E-state index contributed by atoms with van der Waals surface area (Å²) in [5.74, 6) is 0.154. The highest BCUT2D eigenvalue weighted by Crippen LogP contribution is 2.31. The van der Waals surface area contributed by atoms with Crippen LogP contribution in [-0.2, 0) is 0 Å². The Hall–Kier alpha value is -1.62. The van der Waals surface area contributed by atoms with Crippen LogP contribution in [0.1, 0.15) is 30.1 Å². The molecule has 0 aliphatic carbocycles. The number of piperidine rings is 1. The van der Waals surface area contributed by atoms with Crippen molar-refractivity contribution in [2.45, 2.75) is 19.8 Å². The van der Waals surface area contributed by atoms with Crippen LogP contribution in [0.3, 0.4) is 0 Å². The lowest BCUT2D eigenvalue weighted by atomic mass is 9.80. The molecule has 1 aliphatic rings. The Kier molecular flexibility index (Phi) is 3.75. The predicted molar refractivity (Wildman–Crippen MR) is 78.1 cm³/mol. The van der Waals surface area contributed by atoms with Crippen LogP contribution in [-0.4, -0.2) is 34.0 Å². The normalized spacial score (nSPS) is 18.1. The van der Waals surface area contributed by atoms with Crippen LogP contribution in [0.5, 0.6) is 5.75 Å². The molecule has 1 aromatic rings. The molecule has 0 spiro atoms. The van der Waals surface area contributed by atoms with Crippen molar-refractivity contribution in [2.75, 3.05) is 13.1 Å². The number of likely N-dealkylation sites (tertiary alicyclic amines) is 1. The minimum absolute atomic E-state index is 0.00927. The average molecular weight is 278 g/mol. The van der Waals surface area contributed by atoms with E-state index in [-0.39, 0.29) is 17.1 Å². The number of carbonyl (C=O) groups excluding carboxylic acids is 1. The minimum Gasteiger partial charge on any atom is -0.508 e. The lowest BCUT2D eigenvalue weighted by Crippen LogP contribution is -2.46. The molecule has 0 aromatic heterocycles. The first-order valence-corrected chi connectivity index (χ1v) is 6.71. The van der Waals surface area contributed by atoms with Gasteiger partial charge in [-0.2, -0.15) is 0 Å². The van der Waals surface area contributed by atoms with Crippen molar-refractivity contribution < 1.29 is 9.90 Å². The van der Waals surface area contributed by atoms with Gasteiger partial charge in [-0.05, 0) is 37.1 Å². The van der Waals surface area contributed by atoms with Gasteiger partial charge in [-0.25, -0.2) is 0 Å². The number of nitrogens with two attached hydrogens (primary N) is 1. The summed E-state index contributed by atoms with van der Waals surface area (Å²) in [6.07, 6.45) is 1.60. The summed E-state index contributed by atoms with van der Waals surface area (Å²) in [5, 5.41) is 9.23. The van der Waals surface area contributed by atoms with E-state index in [4.69, 9.17) is 18.0 Å². The van der Waals surface area contributed by atoms with E-state index < -0.39 is 0 Å². The molecular formula is C14H18N2O2S. The monoisotopic (exact) mass is 278 g/mol. The Labute approximate surface area is 118 Å². The maximum Gasteiger partial charge on any atom is 0.253 e. The van der Waals surface area contributed by atoms with Gasteiger partial charge >= 0.3 is 0 Å². The molecule has 0 radical (unpaired) electrons. The molecule has 1 aliphatic heterocycles. The Morgan fingerprint density at radius 1 is 1.32 bits per heavy atom. The van der Waals surface area contributed by atoms with Crippen molar-refractivity contribution in [3.05, 3.63) is 29.8 Å². The van der Waals surface area contributed by atoms with Crippen LogP contribution < -0.4 is 5.73 Å². The number of hydrogen-bond donors (Lipinski definition) is 2. The average Bonchev–Trinajstić information content (AvgIpc) is 2.39. The number of aromatic hydroxyl groups is 1. The van der Waals surface area contributed by atoms with E-state index in [1.54, 1.807) is 12.1 Å². The molecule has 5 heteroatoms. The third-order valence-electron chi connectivity index (χ3n) is 3.86. The number of thiocarbonyl (C=S) groups is 1. The maximum absolute atomic E-state index is 12.3. The topological polar surface area (TPSA) is 66.6 Å². The molecule has 1 amide bonds. The van der Waals surface area contributed by atoms with E-state index >= 15 is 0 Å². The number of amides is 1. The first kappa shape index (κ1) is 13.8. The summed E-state index contributed by atoms with van der Waals surface area (Å²) < 4.78 is 0. The van der Waals surface area contributed by atoms with E-state index in [2.05, 4.69) is 6.92 Å². The van der Waals surface area contributed by atoms with Crippen molar-refractivity contribution >= 4 is 23.1 Å². The van der Waals surface area contributed by atoms with Crippen LogP contribution in [0.25, 0.3) is 0 Å². The Morgan fingerprint density at radius 2 is 1.84 bits per heavy atom. The van der Waals surface area contributed by atoms with E-state index in [0.29, 0.717) is 23.6 Å². The highest BCUT2D eigenvalue weighted by molar-refractivity contribution is 7.80. The molecule has 1 fully saturated rings. The van der Waals surface area contributed by atoms with E-state index in [0.717, 1.165) is 12.8 Å². The zero-order valence-corrected chi connectivity index (χ0v) is 11.7. The fourth-order valence-corrected chi connectivity index (χ4v) is 2.44. The third-order valence-corrected chi connectivity index (χ3v) is 4.36. The van der Waals surface area contributed by atoms with Crippen LogP contribution in [0, 0.1) is 5.41 Å². The second kappa shape index (κ2) is 5.17. The first-order valence-electron chi connectivity index (χ1n) is 6.31. The van der Waals surface area contributed by atoms with Crippen LogP contribution in [0.4, 0.5) is 0 Å². The highest BCUT2D eigenvalue weighted by Gasteiger charge is 2.34. The zero-order valence-electron chi connectivity index (χ0n) is 10.9. The lowest BCUT2D eigenvalue weighted by molar-refractivity contribution is 0.0670. The summed E-state index contributed by atoms with van der Waals surface area (Å²) in [6.45, 7) is 3.37. The zero-order chi connectivity index (χ0) is 14.0. The third kappa shape index (κ3) is 2.87. The van der Waals surface area contributed by atoms with Gasteiger partial charge in [0.25, 0.3) is 5.91 Å². The van der Waals surface area contributed by atoms with Gasteiger partial charge < -0.3 is 15.7 Å². The molecule has 1 saturated heterocycles.